The zero-order valence-electron chi connectivity index (χ0n) is 18.0. The Labute approximate surface area is 181 Å². The molecule has 0 spiro atoms. The van der Waals surface area contributed by atoms with Crippen molar-refractivity contribution in [2.45, 2.75) is 26.8 Å². The summed E-state index contributed by atoms with van der Waals surface area (Å²) < 4.78 is 1.82. The van der Waals surface area contributed by atoms with Gasteiger partial charge in [-0.2, -0.15) is 5.10 Å². The second-order valence-corrected chi connectivity index (χ2v) is 8.36. The number of nitrogens with one attached hydrogen (secondary N) is 1. The molecule has 1 aromatic heterocycles. The first-order valence-electron chi connectivity index (χ1n) is 9.89. The van der Waals surface area contributed by atoms with E-state index in [-0.39, 0.29) is 0 Å². The van der Waals surface area contributed by atoms with Crippen molar-refractivity contribution in [3.63, 3.8) is 0 Å². The molecule has 3 aromatic rings. The van der Waals surface area contributed by atoms with Gasteiger partial charge in [0.15, 0.2) is 0 Å². The molecule has 0 unspecified atom stereocenters. The SMILES string of the molecule is Cn1nccc1-c1ccc(C#Cc2ccc(C(=O)N[C@H](C(=O)O)C(C)(C)C)cc2)cc1. The molecule has 1 heterocycles. The highest BCUT2D eigenvalue weighted by Gasteiger charge is 2.32. The fourth-order valence-corrected chi connectivity index (χ4v) is 3.09. The summed E-state index contributed by atoms with van der Waals surface area (Å²) in [7, 11) is 1.90. The minimum atomic E-state index is -1.06. The van der Waals surface area contributed by atoms with Crippen LogP contribution in [0, 0.1) is 17.3 Å². The molecule has 0 aliphatic heterocycles. The summed E-state index contributed by atoms with van der Waals surface area (Å²) >= 11 is 0. The molecule has 1 atom stereocenters. The average molecular weight is 415 g/mol. The van der Waals surface area contributed by atoms with Crippen molar-refractivity contribution in [1.82, 2.24) is 15.1 Å². The molecule has 0 bridgehead atoms. The molecule has 31 heavy (non-hydrogen) atoms. The highest BCUT2D eigenvalue weighted by atomic mass is 16.4. The molecule has 0 aliphatic carbocycles. The molecule has 0 fully saturated rings. The largest absolute Gasteiger partial charge is 0.480 e. The van der Waals surface area contributed by atoms with Crippen molar-refractivity contribution >= 4 is 11.9 Å². The van der Waals surface area contributed by atoms with Crippen molar-refractivity contribution in [1.29, 1.82) is 0 Å². The average Bonchev–Trinajstić information content (AvgIpc) is 3.16. The smallest absolute Gasteiger partial charge is 0.326 e. The maximum atomic E-state index is 12.4. The Morgan fingerprint density at radius 3 is 1.97 bits per heavy atom. The van der Waals surface area contributed by atoms with E-state index >= 15 is 0 Å². The monoisotopic (exact) mass is 415 g/mol. The number of carbonyl (C=O) groups is 2. The van der Waals surface area contributed by atoms with E-state index in [1.54, 1.807) is 51.2 Å². The summed E-state index contributed by atoms with van der Waals surface area (Å²) in [5.74, 6) is 4.71. The summed E-state index contributed by atoms with van der Waals surface area (Å²) in [4.78, 5) is 23.9. The van der Waals surface area contributed by atoms with Crippen LogP contribution in [0.4, 0.5) is 0 Å². The van der Waals surface area contributed by atoms with E-state index in [4.69, 9.17) is 0 Å². The van der Waals surface area contributed by atoms with E-state index in [2.05, 4.69) is 22.3 Å². The summed E-state index contributed by atoms with van der Waals surface area (Å²) in [5, 5.41) is 16.1. The van der Waals surface area contributed by atoms with E-state index in [9.17, 15) is 14.7 Å². The predicted octanol–water partition coefficient (Wildman–Crippen LogP) is 3.72. The second-order valence-electron chi connectivity index (χ2n) is 8.36. The normalized spacial score (nSPS) is 11.9. The van der Waals surface area contributed by atoms with Gasteiger partial charge in [0.25, 0.3) is 5.91 Å². The molecular weight excluding hydrogens is 390 g/mol. The topological polar surface area (TPSA) is 84.2 Å². The van der Waals surface area contributed by atoms with Crippen LogP contribution in [-0.4, -0.2) is 32.8 Å². The molecule has 6 heteroatoms. The number of amides is 1. The third kappa shape index (κ3) is 5.40. The second kappa shape index (κ2) is 8.88. The summed E-state index contributed by atoms with van der Waals surface area (Å²) in [6.45, 7) is 5.32. The number of benzene rings is 2. The van der Waals surface area contributed by atoms with Gasteiger partial charge in [0.1, 0.15) is 6.04 Å². The summed E-state index contributed by atoms with van der Waals surface area (Å²) in [6.07, 6.45) is 1.76. The van der Waals surface area contributed by atoms with Crippen molar-refractivity contribution in [3.8, 4) is 23.1 Å². The van der Waals surface area contributed by atoms with Crippen LogP contribution in [0.5, 0.6) is 0 Å². The first-order chi connectivity index (χ1) is 14.6. The Kier molecular flexibility index (Phi) is 6.26. The minimum Gasteiger partial charge on any atom is -0.480 e. The number of carboxylic acids is 1. The molecule has 0 aliphatic rings. The molecule has 0 saturated carbocycles. The van der Waals surface area contributed by atoms with Crippen LogP contribution in [0.2, 0.25) is 0 Å². The molecular formula is C25H25N3O3. The number of aliphatic carboxylic acids is 1. The van der Waals surface area contributed by atoms with Crippen LogP contribution in [0.3, 0.4) is 0 Å². The number of hydrogen-bond donors (Lipinski definition) is 2. The van der Waals surface area contributed by atoms with Crippen molar-refractivity contribution < 1.29 is 14.7 Å². The Bertz CT molecular complexity index is 1140. The minimum absolute atomic E-state index is 0.390. The Balaban J connectivity index is 1.69. The number of rotatable bonds is 4. The van der Waals surface area contributed by atoms with Crippen molar-refractivity contribution in [3.05, 3.63) is 77.5 Å². The third-order valence-electron chi connectivity index (χ3n) is 4.89. The molecule has 2 N–H and O–H groups in total. The fourth-order valence-electron chi connectivity index (χ4n) is 3.09. The van der Waals surface area contributed by atoms with Crippen LogP contribution in [0.15, 0.2) is 60.8 Å². The first kappa shape index (κ1) is 21.8. The van der Waals surface area contributed by atoms with Gasteiger partial charge in [-0.05, 0) is 53.4 Å². The molecule has 3 rings (SSSR count). The molecule has 6 nitrogen and oxygen atoms in total. The van der Waals surface area contributed by atoms with Crippen LogP contribution in [0.1, 0.15) is 42.3 Å². The predicted molar refractivity (Wildman–Crippen MR) is 119 cm³/mol. The third-order valence-corrected chi connectivity index (χ3v) is 4.89. The number of aromatic nitrogens is 2. The maximum Gasteiger partial charge on any atom is 0.326 e. The van der Waals surface area contributed by atoms with Gasteiger partial charge in [-0.1, -0.05) is 44.7 Å². The van der Waals surface area contributed by atoms with Crippen molar-refractivity contribution in [2.75, 3.05) is 0 Å². The van der Waals surface area contributed by atoms with Crippen LogP contribution >= 0.6 is 0 Å². The van der Waals surface area contributed by atoms with Gasteiger partial charge in [-0.25, -0.2) is 4.79 Å². The van der Waals surface area contributed by atoms with E-state index in [0.717, 1.165) is 22.4 Å². The van der Waals surface area contributed by atoms with E-state index < -0.39 is 23.3 Å². The fraction of sp³-hybridized carbons (Fsp3) is 0.240. The standard InChI is InChI=1S/C25H25N3O3/c1-25(2,3)22(24(30)31)27-23(29)20-13-9-18(10-14-20)6-5-17-7-11-19(12-8-17)21-15-16-26-28(21)4/h7-16,22H,1-4H3,(H,27,29)(H,30,31)/t22-/m1/s1. The van der Waals surface area contributed by atoms with Gasteiger partial charge in [0.2, 0.25) is 0 Å². The quantitative estimate of drug-likeness (QED) is 0.636. The van der Waals surface area contributed by atoms with Crippen LogP contribution in [-0.2, 0) is 11.8 Å². The number of carbonyl (C=O) groups excluding carboxylic acids is 1. The van der Waals surface area contributed by atoms with E-state index in [0.29, 0.717) is 5.56 Å². The Morgan fingerprint density at radius 1 is 0.968 bits per heavy atom. The van der Waals surface area contributed by atoms with Crippen molar-refractivity contribution in [2.24, 2.45) is 12.5 Å². The Morgan fingerprint density at radius 2 is 1.52 bits per heavy atom. The lowest BCUT2D eigenvalue weighted by atomic mass is 9.86. The summed E-state index contributed by atoms with van der Waals surface area (Å²) in [5.41, 5.74) is 3.53. The van der Waals surface area contributed by atoms with E-state index in [1.165, 1.54) is 0 Å². The van der Waals surface area contributed by atoms with Crippen LogP contribution in [0.25, 0.3) is 11.3 Å². The van der Waals surface area contributed by atoms with Crippen LogP contribution < -0.4 is 5.32 Å². The number of hydrogen-bond acceptors (Lipinski definition) is 3. The number of nitrogens with zero attached hydrogens (tertiary/aromatic N) is 2. The lowest BCUT2D eigenvalue weighted by Crippen LogP contribution is -2.49. The molecule has 1 amide bonds. The number of carboxylic acid groups (broad SMARTS) is 1. The van der Waals surface area contributed by atoms with E-state index in [1.807, 2.05) is 42.1 Å². The lowest BCUT2D eigenvalue weighted by molar-refractivity contribution is -0.142. The molecule has 158 valence electrons. The highest BCUT2D eigenvalue weighted by molar-refractivity contribution is 5.96. The lowest BCUT2D eigenvalue weighted by Gasteiger charge is -2.27. The van der Waals surface area contributed by atoms with Gasteiger partial charge >= 0.3 is 5.97 Å². The molecule has 2 aromatic carbocycles. The zero-order chi connectivity index (χ0) is 22.6. The van der Waals surface area contributed by atoms with Gasteiger partial charge in [0.05, 0.1) is 5.69 Å². The molecule has 0 radical (unpaired) electrons. The maximum absolute atomic E-state index is 12.4. The van der Waals surface area contributed by atoms with Gasteiger partial charge < -0.3 is 10.4 Å². The zero-order valence-corrected chi connectivity index (χ0v) is 18.0. The highest BCUT2D eigenvalue weighted by Crippen LogP contribution is 2.20. The van der Waals surface area contributed by atoms with Gasteiger partial charge in [0, 0.05) is 29.9 Å². The summed E-state index contributed by atoms with van der Waals surface area (Å²) in [6, 6.07) is 15.7. The molecule has 0 saturated heterocycles. The van der Waals surface area contributed by atoms with Gasteiger partial charge in [-0.15, -0.1) is 0 Å². The van der Waals surface area contributed by atoms with Gasteiger partial charge in [-0.3, -0.25) is 9.48 Å². The first-order valence-corrected chi connectivity index (χ1v) is 9.89. The number of aryl methyl sites for hydroxylation is 1. The Hall–Kier alpha value is -3.85.